The van der Waals surface area contributed by atoms with Gasteiger partial charge in [-0.1, -0.05) is 0 Å². The fourth-order valence-electron chi connectivity index (χ4n) is 1.68. The molecular formula is C13H19F+2. The van der Waals surface area contributed by atoms with E-state index in [1.54, 1.807) is 0 Å². The fourth-order valence-corrected chi connectivity index (χ4v) is 1.68. The van der Waals surface area contributed by atoms with Crippen LogP contribution in [0.1, 0.15) is 32.3 Å². The van der Waals surface area contributed by atoms with Crippen molar-refractivity contribution in [2.75, 3.05) is 0 Å². The van der Waals surface area contributed by atoms with Gasteiger partial charge in [0.2, 0.25) is 0 Å². The molecule has 0 radical (unpaired) electrons. The molecule has 14 heavy (non-hydrogen) atoms. The molecule has 0 spiro atoms. The van der Waals surface area contributed by atoms with Crippen LogP contribution in [0.25, 0.3) is 0 Å². The summed E-state index contributed by atoms with van der Waals surface area (Å²) in [4.78, 5) is 0. The standard InChI is InChI=1S/C13H19F/c1-4-11(5-2)10-12-8-6-7-9-13(12)14-3/h6-9,11H,3-5,10H2,1-2H3/q+2. The first-order chi connectivity index (χ1) is 6.81. The van der Waals surface area contributed by atoms with Crippen LogP contribution in [0.3, 0.4) is 0 Å². The molecule has 0 saturated carbocycles. The van der Waals surface area contributed by atoms with E-state index in [2.05, 4.69) is 26.8 Å². The van der Waals surface area contributed by atoms with Crippen molar-refractivity contribution in [3.63, 3.8) is 0 Å². The van der Waals surface area contributed by atoms with Gasteiger partial charge >= 0.3 is 85.3 Å². The first kappa shape index (κ1) is 11.1. The molecule has 0 N–H and O–H groups in total. The second kappa shape index (κ2) is 5.69. The summed E-state index contributed by atoms with van der Waals surface area (Å²) in [5.74, 6) is 1.53. The van der Waals surface area contributed by atoms with Gasteiger partial charge in [0.25, 0.3) is 0 Å². The molecule has 0 aliphatic rings. The van der Waals surface area contributed by atoms with Crippen molar-refractivity contribution in [1.29, 1.82) is 0 Å². The Morgan fingerprint density at radius 3 is 2.43 bits per heavy atom. The molecule has 0 amide bonds. The van der Waals surface area contributed by atoms with Gasteiger partial charge in [-0.05, 0) is 0 Å². The van der Waals surface area contributed by atoms with E-state index < -0.39 is 0 Å². The van der Waals surface area contributed by atoms with E-state index in [0.717, 1.165) is 18.2 Å². The van der Waals surface area contributed by atoms with Gasteiger partial charge in [0, 0.05) is 0 Å². The maximum atomic E-state index is 6.13. The van der Waals surface area contributed by atoms with Crippen molar-refractivity contribution in [1.82, 2.24) is 0 Å². The third-order valence-corrected chi connectivity index (χ3v) is 2.77. The van der Waals surface area contributed by atoms with Gasteiger partial charge in [-0.15, -0.1) is 0 Å². The SMILES string of the molecule is C=[F+2]c1ccccc1CC(CC)CC. The maximum absolute atomic E-state index is 6.13. The molecule has 0 unspecified atom stereocenters. The Morgan fingerprint density at radius 2 is 1.86 bits per heavy atom. The molecule has 0 atom stereocenters. The topological polar surface area (TPSA) is 0 Å². The zero-order valence-corrected chi connectivity index (χ0v) is 9.09. The number of rotatable bonds is 5. The first-order valence-electron chi connectivity index (χ1n) is 5.28. The molecule has 0 aromatic heterocycles. The molecule has 0 aliphatic heterocycles. The number of hydrogen-bond acceptors (Lipinski definition) is 0. The molecule has 1 heteroatoms. The third-order valence-electron chi connectivity index (χ3n) is 2.77. The van der Waals surface area contributed by atoms with Crippen molar-refractivity contribution in [3.8, 4) is 0 Å². The Kier molecular flexibility index (Phi) is 4.51. The molecule has 0 bridgehead atoms. The van der Waals surface area contributed by atoms with Crippen LogP contribution in [0.4, 0.5) is 0 Å². The fraction of sp³-hybridized carbons (Fsp3) is 0.462. The molecule has 0 aliphatic carbocycles. The van der Waals surface area contributed by atoms with Crippen LogP contribution in [0.2, 0.25) is 0 Å². The molecule has 76 valence electrons. The zero-order valence-electron chi connectivity index (χ0n) is 9.09. The van der Waals surface area contributed by atoms with E-state index in [4.69, 9.17) is 3.78 Å². The summed E-state index contributed by atoms with van der Waals surface area (Å²) < 4.78 is 6.13. The predicted molar refractivity (Wildman–Crippen MR) is 60.2 cm³/mol. The molecule has 1 aromatic rings. The predicted octanol–water partition coefficient (Wildman–Crippen LogP) is 3.35. The van der Waals surface area contributed by atoms with E-state index in [-0.39, 0.29) is 0 Å². The molecule has 0 saturated heterocycles. The summed E-state index contributed by atoms with van der Waals surface area (Å²) in [6.45, 7) is 7.81. The number of benzene rings is 1. The van der Waals surface area contributed by atoms with Crippen LogP contribution in [-0.4, -0.2) is 6.87 Å². The number of hydrogen-bond donors (Lipinski definition) is 0. The molecular weight excluding hydrogens is 175 g/mol. The Balaban J connectivity index is 2.79. The van der Waals surface area contributed by atoms with Gasteiger partial charge in [0.1, 0.15) is 0 Å². The summed E-state index contributed by atoms with van der Waals surface area (Å²) in [6.07, 6.45) is 3.49. The number of halogens is 1. The van der Waals surface area contributed by atoms with E-state index in [9.17, 15) is 0 Å². The Bertz CT molecular complexity index is 287. The Morgan fingerprint density at radius 1 is 1.21 bits per heavy atom. The van der Waals surface area contributed by atoms with Crippen LogP contribution in [0.5, 0.6) is 0 Å². The quantitative estimate of drug-likeness (QED) is 0.674. The molecule has 1 aromatic carbocycles. The van der Waals surface area contributed by atoms with Crippen molar-refractivity contribution in [2.45, 2.75) is 33.1 Å². The van der Waals surface area contributed by atoms with Gasteiger partial charge < -0.3 is 0 Å². The minimum absolute atomic E-state index is 0.736. The first-order valence-corrected chi connectivity index (χ1v) is 5.28. The summed E-state index contributed by atoms with van der Waals surface area (Å²) >= 11 is 0. The van der Waals surface area contributed by atoms with Gasteiger partial charge in [0.05, 0.1) is 0 Å². The molecule has 0 fully saturated rings. The molecule has 0 nitrogen and oxygen atoms in total. The Hall–Kier alpha value is -0.980. The monoisotopic (exact) mass is 194 g/mol. The minimum atomic E-state index is 0.736. The molecule has 1 rings (SSSR count). The Labute approximate surface area is 86.0 Å². The van der Waals surface area contributed by atoms with E-state index in [1.807, 2.05) is 18.2 Å². The van der Waals surface area contributed by atoms with Crippen LogP contribution in [-0.2, 0) is 6.42 Å². The van der Waals surface area contributed by atoms with E-state index in [0.29, 0.717) is 0 Å². The summed E-state index contributed by atoms with van der Waals surface area (Å²) in [5.41, 5.74) is 1.22. The van der Waals surface area contributed by atoms with Crippen molar-refractivity contribution >= 4 is 6.87 Å². The summed E-state index contributed by atoms with van der Waals surface area (Å²) in [5, 5.41) is 0. The van der Waals surface area contributed by atoms with Crippen molar-refractivity contribution in [2.24, 2.45) is 5.92 Å². The third kappa shape index (κ3) is 2.76. The van der Waals surface area contributed by atoms with Gasteiger partial charge in [0.15, 0.2) is 0 Å². The van der Waals surface area contributed by atoms with E-state index >= 15 is 0 Å². The second-order valence-electron chi connectivity index (χ2n) is 3.61. The zero-order chi connectivity index (χ0) is 10.4. The van der Waals surface area contributed by atoms with Crippen LogP contribution < -0.4 is 0 Å². The van der Waals surface area contributed by atoms with Crippen LogP contribution in [0, 0.1) is 15.5 Å². The average Bonchev–Trinajstić information content (AvgIpc) is 2.26. The average molecular weight is 194 g/mol. The van der Waals surface area contributed by atoms with E-state index in [1.165, 1.54) is 18.4 Å². The summed E-state index contributed by atoms with van der Waals surface area (Å²) in [6, 6.07) is 8.00. The van der Waals surface area contributed by atoms with Gasteiger partial charge in [-0.3, -0.25) is 0 Å². The summed E-state index contributed by atoms with van der Waals surface area (Å²) in [7, 11) is 0. The van der Waals surface area contributed by atoms with Crippen molar-refractivity contribution in [3.05, 3.63) is 35.6 Å². The van der Waals surface area contributed by atoms with Crippen LogP contribution in [0.15, 0.2) is 24.3 Å². The van der Waals surface area contributed by atoms with Crippen molar-refractivity contribution < 1.29 is 3.78 Å². The van der Waals surface area contributed by atoms with Gasteiger partial charge in [-0.25, -0.2) is 0 Å². The molecule has 0 heterocycles. The van der Waals surface area contributed by atoms with Crippen LogP contribution >= 0.6 is 0 Å². The van der Waals surface area contributed by atoms with Gasteiger partial charge in [-0.2, -0.15) is 0 Å². The second-order valence-corrected chi connectivity index (χ2v) is 3.61. The normalized spacial score (nSPS) is 10.5.